The summed E-state index contributed by atoms with van der Waals surface area (Å²) in [5.41, 5.74) is 3.58. The van der Waals surface area contributed by atoms with E-state index in [0.29, 0.717) is 6.10 Å². The number of hydrogen-bond acceptors (Lipinski definition) is 3. The molecule has 1 aliphatic rings. The molecule has 0 radical (unpaired) electrons. The molecule has 1 aromatic carbocycles. The summed E-state index contributed by atoms with van der Waals surface area (Å²) in [7, 11) is 0. The van der Waals surface area contributed by atoms with Gasteiger partial charge in [-0.15, -0.1) is 11.8 Å². The van der Waals surface area contributed by atoms with Gasteiger partial charge < -0.3 is 4.74 Å². The zero-order valence-electron chi connectivity index (χ0n) is 11.5. The van der Waals surface area contributed by atoms with E-state index in [1.807, 2.05) is 0 Å². The van der Waals surface area contributed by atoms with Gasteiger partial charge in [-0.1, -0.05) is 6.07 Å². The molecule has 19 heavy (non-hydrogen) atoms. The Morgan fingerprint density at radius 1 is 1.37 bits per heavy atom. The lowest BCUT2D eigenvalue weighted by molar-refractivity contribution is 0.111. The first-order chi connectivity index (χ1) is 9.26. The predicted molar refractivity (Wildman–Crippen MR) is 80.9 cm³/mol. The van der Waals surface area contributed by atoms with Gasteiger partial charge in [0.05, 0.1) is 11.6 Å². The fourth-order valence-corrected chi connectivity index (χ4v) is 3.16. The number of aromatic nitrogens is 1. The second-order valence-corrected chi connectivity index (χ2v) is 6.03. The van der Waals surface area contributed by atoms with Gasteiger partial charge in [0.2, 0.25) is 0 Å². The van der Waals surface area contributed by atoms with Crippen LogP contribution in [0.4, 0.5) is 0 Å². The van der Waals surface area contributed by atoms with E-state index in [2.05, 4.69) is 37.4 Å². The quantitative estimate of drug-likeness (QED) is 0.790. The minimum atomic E-state index is 0.369. The van der Waals surface area contributed by atoms with E-state index in [4.69, 9.17) is 9.72 Å². The number of ether oxygens (including phenoxy) is 1. The standard InChI is InChI=1S/C16H19NOS/c1-11-8-12(9-13-4-3-7-18-13)17-16-10-14(19-2)5-6-15(11)16/h5-6,8,10,13H,3-4,7,9H2,1-2H3. The van der Waals surface area contributed by atoms with Crippen LogP contribution in [0.2, 0.25) is 0 Å². The average molecular weight is 273 g/mol. The molecular formula is C16H19NOS. The van der Waals surface area contributed by atoms with Gasteiger partial charge in [0.1, 0.15) is 0 Å². The number of rotatable bonds is 3. The maximum Gasteiger partial charge on any atom is 0.0719 e. The molecule has 1 aliphatic heterocycles. The monoisotopic (exact) mass is 273 g/mol. The van der Waals surface area contributed by atoms with Crippen molar-refractivity contribution in [3.05, 3.63) is 35.5 Å². The summed E-state index contributed by atoms with van der Waals surface area (Å²) in [4.78, 5) is 6.09. The van der Waals surface area contributed by atoms with Crippen LogP contribution in [0.5, 0.6) is 0 Å². The number of hydrogen-bond donors (Lipinski definition) is 0. The van der Waals surface area contributed by atoms with Crippen LogP contribution in [-0.4, -0.2) is 24.0 Å². The summed E-state index contributed by atoms with van der Waals surface area (Å²) in [5.74, 6) is 0. The third-order valence-electron chi connectivity index (χ3n) is 3.74. The number of thioether (sulfide) groups is 1. The largest absolute Gasteiger partial charge is 0.378 e. The molecule has 0 aliphatic carbocycles. The Morgan fingerprint density at radius 3 is 3.00 bits per heavy atom. The van der Waals surface area contributed by atoms with E-state index in [0.717, 1.165) is 24.2 Å². The van der Waals surface area contributed by atoms with E-state index in [9.17, 15) is 0 Å². The lowest BCUT2D eigenvalue weighted by atomic mass is 10.1. The van der Waals surface area contributed by atoms with Crippen molar-refractivity contribution in [2.45, 2.75) is 37.2 Å². The van der Waals surface area contributed by atoms with Crippen LogP contribution >= 0.6 is 11.8 Å². The minimum absolute atomic E-state index is 0.369. The van der Waals surface area contributed by atoms with Crippen molar-refractivity contribution in [2.75, 3.05) is 12.9 Å². The predicted octanol–water partition coefficient (Wildman–Crippen LogP) is 3.99. The first kappa shape index (κ1) is 12.9. The van der Waals surface area contributed by atoms with Gasteiger partial charge in [0.25, 0.3) is 0 Å². The van der Waals surface area contributed by atoms with Crippen molar-refractivity contribution in [3.8, 4) is 0 Å². The third-order valence-corrected chi connectivity index (χ3v) is 4.46. The fraction of sp³-hybridized carbons (Fsp3) is 0.438. The highest BCUT2D eigenvalue weighted by molar-refractivity contribution is 7.98. The Labute approximate surface area is 118 Å². The van der Waals surface area contributed by atoms with Crippen LogP contribution in [0.15, 0.2) is 29.2 Å². The highest BCUT2D eigenvalue weighted by Gasteiger charge is 2.17. The molecule has 1 unspecified atom stereocenters. The summed E-state index contributed by atoms with van der Waals surface area (Å²) >= 11 is 1.76. The SMILES string of the molecule is CSc1ccc2c(C)cc(CC3CCCO3)nc2c1. The minimum Gasteiger partial charge on any atom is -0.378 e. The fourth-order valence-electron chi connectivity index (χ4n) is 2.72. The van der Waals surface area contributed by atoms with Gasteiger partial charge in [-0.3, -0.25) is 4.98 Å². The highest BCUT2D eigenvalue weighted by atomic mass is 32.2. The molecule has 2 aromatic rings. The van der Waals surface area contributed by atoms with Crippen molar-refractivity contribution in [3.63, 3.8) is 0 Å². The normalized spacial score (nSPS) is 19.2. The zero-order valence-corrected chi connectivity index (χ0v) is 12.3. The Hall–Kier alpha value is -1.06. The smallest absolute Gasteiger partial charge is 0.0719 e. The summed E-state index contributed by atoms with van der Waals surface area (Å²) in [6.07, 6.45) is 5.77. The first-order valence-corrected chi connectivity index (χ1v) is 8.04. The van der Waals surface area contributed by atoms with Crippen molar-refractivity contribution in [2.24, 2.45) is 0 Å². The lowest BCUT2D eigenvalue weighted by Gasteiger charge is -2.11. The number of aryl methyl sites for hydroxylation is 1. The molecule has 0 saturated carbocycles. The maximum atomic E-state index is 5.71. The van der Waals surface area contributed by atoms with Gasteiger partial charge in [-0.25, -0.2) is 0 Å². The van der Waals surface area contributed by atoms with Crippen LogP contribution in [-0.2, 0) is 11.2 Å². The molecule has 1 atom stereocenters. The second-order valence-electron chi connectivity index (χ2n) is 5.15. The molecular weight excluding hydrogens is 254 g/mol. The van der Waals surface area contributed by atoms with E-state index >= 15 is 0 Å². The van der Waals surface area contributed by atoms with Crippen molar-refractivity contribution in [1.29, 1.82) is 0 Å². The summed E-state index contributed by atoms with van der Waals surface area (Å²) < 4.78 is 5.71. The second kappa shape index (κ2) is 5.51. The van der Waals surface area contributed by atoms with Crippen LogP contribution < -0.4 is 0 Å². The molecule has 1 saturated heterocycles. The lowest BCUT2D eigenvalue weighted by Crippen LogP contribution is -2.10. The van der Waals surface area contributed by atoms with Crippen LogP contribution in [0.25, 0.3) is 10.9 Å². The molecule has 0 amide bonds. The Morgan fingerprint density at radius 2 is 2.26 bits per heavy atom. The molecule has 3 rings (SSSR count). The van der Waals surface area contributed by atoms with Crippen LogP contribution in [0.1, 0.15) is 24.1 Å². The molecule has 0 bridgehead atoms. The zero-order chi connectivity index (χ0) is 13.2. The highest BCUT2D eigenvalue weighted by Crippen LogP contribution is 2.25. The number of nitrogens with zero attached hydrogens (tertiary/aromatic N) is 1. The van der Waals surface area contributed by atoms with Gasteiger partial charge in [-0.2, -0.15) is 0 Å². The first-order valence-electron chi connectivity index (χ1n) is 6.82. The molecule has 1 aromatic heterocycles. The van der Waals surface area contributed by atoms with Gasteiger partial charge >= 0.3 is 0 Å². The van der Waals surface area contributed by atoms with Crippen molar-refractivity contribution >= 4 is 22.7 Å². The topological polar surface area (TPSA) is 22.1 Å². The summed E-state index contributed by atoms with van der Waals surface area (Å²) in [6, 6.07) is 8.75. The Balaban J connectivity index is 1.96. The summed E-state index contributed by atoms with van der Waals surface area (Å²) in [6.45, 7) is 3.08. The van der Waals surface area contributed by atoms with E-state index in [-0.39, 0.29) is 0 Å². The van der Waals surface area contributed by atoms with E-state index in [1.54, 1.807) is 11.8 Å². The van der Waals surface area contributed by atoms with Crippen molar-refractivity contribution in [1.82, 2.24) is 4.98 Å². The van der Waals surface area contributed by atoms with E-state index < -0.39 is 0 Å². The van der Waals surface area contributed by atoms with Gasteiger partial charge in [0.15, 0.2) is 0 Å². The van der Waals surface area contributed by atoms with Gasteiger partial charge in [-0.05, 0) is 49.8 Å². The van der Waals surface area contributed by atoms with Gasteiger partial charge in [0, 0.05) is 29.0 Å². The Bertz CT molecular complexity index is 591. The number of fused-ring (bicyclic) bond motifs is 1. The number of benzene rings is 1. The van der Waals surface area contributed by atoms with Crippen LogP contribution in [0.3, 0.4) is 0 Å². The molecule has 3 heteroatoms. The molecule has 100 valence electrons. The van der Waals surface area contributed by atoms with E-state index in [1.165, 1.54) is 28.7 Å². The third kappa shape index (κ3) is 2.77. The Kier molecular flexibility index (Phi) is 3.76. The molecule has 2 nitrogen and oxygen atoms in total. The molecule has 0 spiro atoms. The molecule has 1 fully saturated rings. The number of pyridine rings is 1. The molecule has 2 heterocycles. The maximum absolute atomic E-state index is 5.71. The average Bonchev–Trinajstić information content (AvgIpc) is 2.91. The molecule has 0 N–H and O–H groups in total. The summed E-state index contributed by atoms with van der Waals surface area (Å²) in [5, 5.41) is 1.26. The van der Waals surface area contributed by atoms with Crippen molar-refractivity contribution < 1.29 is 4.74 Å². The van der Waals surface area contributed by atoms with Crippen LogP contribution in [0, 0.1) is 6.92 Å².